The van der Waals surface area contributed by atoms with E-state index in [1.807, 2.05) is 37.3 Å². The van der Waals surface area contributed by atoms with Crippen LogP contribution in [0.1, 0.15) is 11.1 Å². The van der Waals surface area contributed by atoms with Crippen molar-refractivity contribution in [3.63, 3.8) is 0 Å². The van der Waals surface area contributed by atoms with Crippen LogP contribution in [0.4, 0.5) is 4.39 Å². The summed E-state index contributed by atoms with van der Waals surface area (Å²) in [6.45, 7) is 2.03. The van der Waals surface area contributed by atoms with Crippen molar-refractivity contribution in [3.05, 3.63) is 65.5 Å². The number of rotatable bonds is 4. The summed E-state index contributed by atoms with van der Waals surface area (Å²) >= 11 is 1.41. The van der Waals surface area contributed by atoms with Crippen molar-refractivity contribution in [2.45, 2.75) is 17.8 Å². The van der Waals surface area contributed by atoms with E-state index >= 15 is 0 Å². The summed E-state index contributed by atoms with van der Waals surface area (Å²) in [6, 6.07) is 14.6. The number of benzene rings is 2. The Morgan fingerprint density at radius 3 is 2.62 bits per heavy atom. The lowest BCUT2D eigenvalue weighted by Crippen LogP contribution is -1.99. The molecule has 3 aromatic rings. The van der Waals surface area contributed by atoms with E-state index in [1.165, 1.54) is 23.4 Å². The number of hydrogen-bond donors (Lipinski definition) is 0. The maximum absolute atomic E-state index is 13.6. The number of aromatic nitrogens is 4. The molecule has 2 aromatic carbocycles. The molecule has 0 bridgehead atoms. The van der Waals surface area contributed by atoms with Gasteiger partial charge in [0.1, 0.15) is 5.82 Å². The lowest BCUT2D eigenvalue weighted by Gasteiger charge is -2.05. The van der Waals surface area contributed by atoms with Crippen molar-refractivity contribution >= 4 is 11.8 Å². The second-order valence-corrected chi connectivity index (χ2v) is 5.53. The van der Waals surface area contributed by atoms with Gasteiger partial charge in [-0.15, -0.1) is 5.10 Å². The first kappa shape index (κ1) is 13.8. The third-order valence-corrected chi connectivity index (χ3v) is 4.00. The van der Waals surface area contributed by atoms with Gasteiger partial charge in [-0.2, -0.15) is 4.68 Å². The second kappa shape index (κ2) is 6.05. The lowest BCUT2D eigenvalue weighted by atomic mass is 10.2. The molecule has 4 nitrogen and oxygen atoms in total. The molecule has 0 unspecified atom stereocenters. The highest BCUT2D eigenvalue weighted by molar-refractivity contribution is 7.98. The zero-order valence-electron chi connectivity index (χ0n) is 11.4. The molecule has 0 radical (unpaired) electrons. The Balaban J connectivity index is 1.80. The first-order chi connectivity index (χ1) is 10.2. The summed E-state index contributed by atoms with van der Waals surface area (Å²) < 4.78 is 15.3. The Labute approximate surface area is 126 Å². The van der Waals surface area contributed by atoms with Crippen LogP contribution in [0.15, 0.2) is 53.7 Å². The molecule has 0 aliphatic heterocycles. The summed E-state index contributed by atoms with van der Waals surface area (Å²) in [5, 5.41) is 12.3. The van der Waals surface area contributed by atoms with Crippen molar-refractivity contribution in [2.24, 2.45) is 0 Å². The van der Waals surface area contributed by atoms with Gasteiger partial charge < -0.3 is 0 Å². The second-order valence-electron chi connectivity index (χ2n) is 4.59. The molecular formula is C15H13FN4S. The average molecular weight is 300 g/mol. The minimum atomic E-state index is -0.209. The molecule has 1 aromatic heterocycles. The fourth-order valence-corrected chi connectivity index (χ4v) is 2.75. The maximum atomic E-state index is 13.6. The van der Waals surface area contributed by atoms with Crippen LogP contribution in [0.25, 0.3) is 5.69 Å². The van der Waals surface area contributed by atoms with E-state index in [9.17, 15) is 4.39 Å². The van der Waals surface area contributed by atoms with Crippen molar-refractivity contribution < 1.29 is 4.39 Å². The van der Waals surface area contributed by atoms with E-state index in [0.717, 1.165) is 5.69 Å². The summed E-state index contributed by atoms with van der Waals surface area (Å²) in [4.78, 5) is 0. The van der Waals surface area contributed by atoms with Gasteiger partial charge >= 0.3 is 0 Å². The van der Waals surface area contributed by atoms with Crippen LogP contribution >= 0.6 is 11.8 Å². The Morgan fingerprint density at radius 1 is 1.10 bits per heavy atom. The summed E-state index contributed by atoms with van der Waals surface area (Å²) in [6.07, 6.45) is 0. The zero-order chi connectivity index (χ0) is 14.7. The number of aryl methyl sites for hydroxylation is 1. The quantitative estimate of drug-likeness (QED) is 0.693. The number of halogens is 1. The lowest BCUT2D eigenvalue weighted by molar-refractivity contribution is 0.617. The van der Waals surface area contributed by atoms with Gasteiger partial charge in [-0.25, -0.2) is 4.39 Å². The van der Waals surface area contributed by atoms with E-state index in [-0.39, 0.29) is 5.82 Å². The van der Waals surface area contributed by atoms with E-state index in [4.69, 9.17) is 0 Å². The van der Waals surface area contributed by atoms with E-state index < -0.39 is 0 Å². The molecule has 0 fully saturated rings. The molecule has 0 amide bonds. The largest absolute Gasteiger partial charge is 0.214 e. The van der Waals surface area contributed by atoms with Crippen molar-refractivity contribution in [1.82, 2.24) is 20.2 Å². The van der Waals surface area contributed by atoms with Crippen molar-refractivity contribution in [3.8, 4) is 5.69 Å². The topological polar surface area (TPSA) is 43.6 Å². The highest BCUT2D eigenvalue weighted by Crippen LogP contribution is 2.23. The van der Waals surface area contributed by atoms with E-state index in [2.05, 4.69) is 15.5 Å². The Kier molecular flexibility index (Phi) is 3.96. The highest BCUT2D eigenvalue weighted by Gasteiger charge is 2.10. The predicted molar refractivity (Wildman–Crippen MR) is 79.9 cm³/mol. The molecule has 6 heteroatoms. The summed E-state index contributed by atoms with van der Waals surface area (Å²) in [5.41, 5.74) is 2.70. The zero-order valence-corrected chi connectivity index (χ0v) is 12.2. The van der Waals surface area contributed by atoms with Crippen LogP contribution in [-0.2, 0) is 5.75 Å². The Morgan fingerprint density at radius 2 is 1.86 bits per heavy atom. The van der Waals surface area contributed by atoms with Gasteiger partial charge in [0, 0.05) is 5.75 Å². The number of nitrogens with zero attached hydrogens (tertiary/aromatic N) is 4. The number of hydrogen-bond acceptors (Lipinski definition) is 4. The van der Waals surface area contributed by atoms with Crippen molar-refractivity contribution in [1.29, 1.82) is 0 Å². The van der Waals surface area contributed by atoms with Gasteiger partial charge in [-0.05, 0) is 41.1 Å². The van der Waals surface area contributed by atoms with Crippen LogP contribution in [-0.4, -0.2) is 20.2 Å². The van der Waals surface area contributed by atoms with Crippen LogP contribution < -0.4 is 0 Å². The van der Waals surface area contributed by atoms with Crippen LogP contribution in [0, 0.1) is 12.7 Å². The Hall–Kier alpha value is -2.21. The molecule has 0 aliphatic carbocycles. The third-order valence-electron chi connectivity index (χ3n) is 3.03. The van der Waals surface area contributed by atoms with Gasteiger partial charge in [0.05, 0.1) is 5.69 Å². The molecule has 3 rings (SSSR count). The Bertz CT molecular complexity index is 739. The minimum absolute atomic E-state index is 0.209. The molecule has 1 heterocycles. The summed E-state index contributed by atoms with van der Waals surface area (Å²) in [5.74, 6) is 0.276. The smallest absolute Gasteiger partial charge is 0.207 e. The monoisotopic (exact) mass is 300 g/mol. The molecule has 0 spiro atoms. The van der Waals surface area contributed by atoms with Crippen LogP contribution in [0.3, 0.4) is 0 Å². The van der Waals surface area contributed by atoms with E-state index in [1.54, 1.807) is 16.8 Å². The predicted octanol–water partition coefficient (Wildman–Crippen LogP) is 3.40. The average Bonchev–Trinajstić information content (AvgIpc) is 2.96. The van der Waals surface area contributed by atoms with Gasteiger partial charge in [-0.3, -0.25) is 0 Å². The molecule has 0 N–H and O–H groups in total. The molecule has 0 saturated heterocycles. The standard InChI is InChI=1S/C15H13FN4S/c1-11-6-8-13(9-7-11)20-15(17-18-19-20)21-10-12-4-2-3-5-14(12)16/h2-9H,10H2,1H3. The van der Waals surface area contributed by atoms with E-state index in [0.29, 0.717) is 16.5 Å². The normalized spacial score (nSPS) is 10.8. The molecule has 0 saturated carbocycles. The first-order valence-corrected chi connectivity index (χ1v) is 7.44. The van der Waals surface area contributed by atoms with Gasteiger partial charge in [0.2, 0.25) is 5.16 Å². The summed E-state index contributed by atoms with van der Waals surface area (Å²) in [7, 11) is 0. The fourth-order valence-electron chi connectivity index (χ4n) is 1.87. The first-order valence-electron chi connectivity index (χ1n) is 6.45. The van der Waals surface area contributed by atoms with Crippen LogP contribution in [0.5, 0.6) is 0 Å². The third kappa shape index (κ3) is 3.11. The fraction of sp³-hybridized carbons (Fsp3) is 0.133. The highest BCUT2D eigenvalue weighted by atomic mass is 32.2. The molecule has 0 aliphatic rings. The van der Waals surface area contributed by atoms with Gasteiger partial charge in [0.25, 0.3) is 0 Å². The molecule has 106 valence electrons. The molecule has 0 atom stereocenters. The minimum Gasteiger partial charge on any atom is -0.207 e. The van der Waals surface area contributed by atoms with Gasteiger partial charge in [0.15, 0.2) is 0 Å². The SMILES string of the molecule is Cc1ccc(-n2nnnc2SCc2ccccc2F)cc1. The maximum Gasteiger partial charge on any atom is 0.214 e. The molecule has 21 heavy (non-hydrogen) atoms. The van der Waals surface area contributed by atoms with Crippen molar-refractivity contribution in [2.75, 3.05) is 0 Å². The number of thioether (sulfide) groups is 1. The van der Waals surface area contributed by atoms with Gasteiger partial charge in [-0.1, -0.05) is 47.7 Å². The van der Waals surface area contributed by atoms with Crippen LogP contribution in [0.2, 0.25) is 0 Å². The number of tetrazole rings is 1. The molecular weight excluding hydrogens is 287 g/mol.